The first-order chi connectivity index (χ1) is 8.52. The molecule has 0 aromatic carbocycles. The number of carbonyl (C=O) groups excluding carboxylic acids is 1. The van der Waals surface area contributed by atoms with Gasteiger partial charge in [-0.15, -0.1) is 11.3 Å². The Balaban J connectivity index is 2.54. The number of nitrogens with zero attached hydrogens (tertiary/aromatic N) is 1. The van der Waals surface area contributed by atoms with Gasteiger partial charge in [-0.1, -0.05) is 0 Å². The van der Waals surface area contributed by atoms with E-state index in [9.17, 15) is 9.59 Å². The minimum atomic E-state index is -1.17. The molecule has 1 amide bonds. The second kappa shape index (κ2) is 6.87. The van der Waals surface area contributed by atoms with Gasteiger partial charge in [0, 0.05) is 24.5 Å². The number of hydrogen-bond acceptors (Lipinski definition) is 5. The number of aliphatic carboxylic acids is 1. The van der Waals surface area contributed by atoms with E-state index < -0.39 is 17.9 Å². The van der Waals surface area contributed by atoms with Crippen molar-refractivity contribution in [1.82, 2.24) is 10.3 Å². The number of nitrogens with one attached hydrogen (secondary N) is 1. The van der Waals surface area contributed by atoms with Gasteiger partial charge in [0.1, 0.15) is 6.04 Å². The first-order valence-corrected chi connectivity index (χ1v) is 6.15. The van der Waals surface area contributed by atoms with E-state index in [0.717, 1.165) is 5.01 Å². The SMILES string of the molecule is Cc1nc(/C=C/C(=O)N[C@@H](CCO)C(=O)O)cs1. The molecule has 0 spiro atoms. The molecule has 98 valence electrons. The highest BCUT2D eigenvalue weighted by atomic mass is 32.1. The molecular weight excluding hydrogens is 256 g/mol. The Bertz CT molecular complexity index is 456. The van der Waals surface area contributed by atoms with Crippen LogP contribution < -0.4 is 5.32 Å². The highest BCUT2D eigenvalue weighted by Gasteiger charge is 2.17. The van der Waals surface area contributed by atoms with Crippen LogP contribution in [0.5, 0.6) is 0 Å². The molecule has 1 aromatic rings. The van der Waals surface area contributed by atoms with Gasteiger partial charge in [-0.25, -0.2) is 9.78 Å². The Kier molecular flexibility index (Phi) is 5.47. The molecule has 1 heterocycles. The van der Waals surface area contributed by atoms with Crippen molar-refractivity contribution in [2.45, 2.75) is 19.4 Å². The summed E-state index contributed by atoms with van der Waals surface area (Å²) in [6.07, 6.45) is 2.71. The summed E-state index contributed by atoms with van der Waals surface area (Å²) in [5, 5.41) is 22.4. The first-order valence-electron chi connectivity index (χ1n) is 5.27. The third-order valence-corrected chi connectivity index (χ3v) is 2.87. The lowest BCUT2D eigenvalue weighted by Gasteiger charge is -2.10. The minimum absolute atomic E-state index is 0.0231. The molecule has 7 heteroatoms. The Morgan fingerprint density at radius 1 is 1.61 bits per heavy atom. The summed E-state index contributed by atoms with van der Waals surface area (Å²) in [7, 11) is 0. The Labute approximate surface area is 108 Å². The van der Waals surface area contributed by atoms with Crippen LogP contribution in [0.1, 0.15) is 17.1 Å². The molecule has 0 bridgehead atoms. The number of aliphatic hydroxyl groups is 1. The molecule has 0 aliphatic rings. The molecular formula is C11H14N2O4S. The van der Waals surface area contributed by atoms with Crippen molar-refractivity contribution < 1.29 is 19.8 Å². The second-order valence-electron chi connectivity index (χ2n) is 3.54. The molecule has 0 saturated heterocycles. The van der Waals surface area contributed by atoms with E-state index >= 15 is 0 Å². The molecule has 0 unspecified atom stereocenters. The van der Waals surface area contributed by atoms with Gasteiger partial charge in [0.25, 0.3) is 0 Å². The zero-order valence-electron chi connectivity index (χ0n) is 9.79. The number of aromatic nitrogens is 1. The fourth-order valence-electron chi connectivity index (χ4n) is 1.22. The average molecular weight is 270 g/mol. The number of carbonyl (C=O) groups is 2. The van der Waals surface area contributed by atoms with Crippen molar-refractivity contribution in [3.8, 4) is 0 Å². The van der Waals surface area contributed by atoms with Crippen molar-refractivity contribution in [3.63, 3.8) is 0 Å². The summed E-state index contributed by atoms with van der Waals surface area (Å²) in [6.45, 7) is 1.55. The van der Waals surface area contributed by atoms with Crippen LogP contribution >= 0.6 is 11.3 Å². The van der Waals surface area contributed by atoms with Crippen LogP contribution in [0.15, 0.2) is 11.5 Å². The molecule has 6 nitrogen and oxygen atoms in total. The molecule has 1 rings (SSSR count). The minimum Gasteiger partial charge on any atom is -0.480 e. The topological polar surface area (TPSA) is 99.5 Å². The molecule has 0 radical (unpaired) electrons. The van der Waals surface area contributed by atoms with E-state index in [1.807, 2.05) is 6.92 Å². The highest BCUT2D eigenvalue weighted by Crippen LogP contribution is 2.08. The van der Waals surface area contributed by atoms with Crippen molar-refractivity contribution >= 4 is 29.3 Å². The normalized spacial score (nSPS) is 12.6. The summed E-state index contributed by atoms with van der Waals surface area (Å²) < 4.78 is 0. The van der Waals surface area contributed by atoms with Gasteiger partial charge in [-0.2, -0.15) is 0 Å². The number of carboxylic acid groups (broad SMARTS) is 1. The summed E-state index contributed by atoms with van der Waals surface area (Å²) in [4.78, 5) is 26.3. The number of thiazole rings is 1. The molecule has 18 heavy (non-hydrogen) atoms. The van der Waals surface area contributed by atoms with Crippen LogP contribution in [0.3, 0.4) is 0 Å². The smallest absolute Gasteiger partial charge is 0.326 e. The molecule has 0 aliphatic carbocycles. The number of aryl methyl sites for hydroxylation is 1. The first kappa shape index (κ1) is 14.3. The third-order valence-electron chi connectivity index (χ3n) is 2.07. The lowest BCUT2D eigenvalue weighted by molar-refractivity contribution is -0.141. The molecule has 1 atom stereocenters. The van der Waals surface area contributed by atoms with Crippen LogP contribution in [0, 0.1) is 6.92 Å². The Morgan fingerprint density at radius 3 is 2.83 bits per heavy atom. The Hall–Kier alpha value is -1.73. The van der Waals surface area contributed by atoms with Gasteiger partial charge in [-0.3, -0.25) is 4.79 Å². The summed E-state index contributed by atoms with van der Waals surface area (Å²) in [5.74, 6) is -1.70. The number of rotatable bonds is 6. The van der Waals surface area contributed by atoms with E-state index in [1.165, 1.54) is 23.5 Å². The van der Waals surface area contributed by atoms with E-state index in [1.54, 1.807) is 5.38 Å². The lowest BCUT2D eigenvalue weighted by atomic mass is 10.2. The molecule has 1 aromatic heterocycles. The molecule has 3 N–H and O–H groups in total. The second-order valence-corrected chi connectivity index (χ2v) is 4.60. The summed E-state index contributed by atoms with van der Waals surface area (Å²) in [5.41, 5.74) is 0.654. The zero-order chi connectivity index (χ0) is 13.5. The van der Waals surface area contributed by atoms with Crippen molar-refractivity contribution in [2.24, 2.45) is 0 Å². The molecule has 0 saturated carbocycles. The number of hydrogen-bond donors (Lipinski definition) is 3. The van der Waals surface area contributed by atoms with E-state index in [-0.39, 0.29) is 13.0 Å². The van der Waals surface area contributed by atoms with Gasteiger partial charge in [-0.05, 0) is 13.0 Å². The van der Waals surface area contributed by atoms with Crippen LogP contribution in [0.25, 0.3) is 6.08 Å². The van der Waals surface area contributed by atoms with Crippen molar-refractivity contribution in [3.05, 3.63) is 22.2 Å². The molecule has 0 fully saturated rings. The van der Waals surface area contributed by atoms with Crippen LogP contribution in [0.2, 0.25) is 0 Å². The third kappa shape index (κ3) is 4.64. The van der Waals surface area contributed by atoms with E-state index in [4.69, 9.17) is 10.2 Å². The van der Waals surface area contributed by atoms with Gasteiger partial charge in [0.15, 0.2) is 0 Å². The summed E-state index contributed by atoms with van der Waals surface area (Å²) >= 11 is 1.46. The van der Waals surface area contributed by atoms with Gasteiger partial charge >= 0.3 is 5.97 Å². The number of aliphatic hydroxyl groups excluding tert-OH is 1. The van der Waals surface area contributed by atoms with Gasteiger partial charge < -0.3 is 15.5 Å². The van der Waals surface area contributed by atoms with Crippen LogP contribution in [-0.4, -0.2) is 39.7 Å². The Morgan fingerprint density at radius 2 is 2.33 bits per heavy atom. The fraction of sp³-hybridized carbons (Fsp3) is 0.364. The van der Waals surface area contributed by atoms with Crippen molar-refractivity contribution in [2.75, 3.05) is 6.61 Å². The number of amides is 1. The van der Waals surface area contributed by atoms with Crippen LogP contribution in [-0.2, 0) is 9.59 Å². The predicted molar refractivity (Wildman–Crippen MR) is 67.2 cm³/mol. The quantitative estimate of drug-likeness (QED) is 0.650. The predicted octanol–water partition coefficient (Wildman–Crippen LogP) is 0.417. The molecule has 0 aliphatic heterocycles. The number of carboxylic acids is 1. The van der Waals surface area contributed by atoms with Gasteiger partial charge in [0.2, 0.25) is 5.91 Å². The maximum atomic E-state index is 11.4. The maximum Gasteiger partial charge on any atom is 0.326 e. The average Bonchev–Trinajstić information content (AvgIpc) is 2.72. The lowest BCUT2D eigenvalue weighted by Crippen LogP contribution is -2.40. The van der Waals surface area contributed by atoms with Gasteiger partial charge in [0.05, 0.1) is 10.7 Å². The highest BCUT2D eigenvalue weighted by molar-refractivity contribution is 7.09. The van der Waals surface area contributed by atoms with E-state index in [0.29, 0.717) is 5.69 Å². The van der Waals surface area contributed by atoms with Crippen molar-refractivity contribution in [1.29, 1.82) is 0 Å². The standard InChI is InChI=1S/C11H14N2O4S/c1-7-12-8(6-18-7)2-3-10(15)13-9(4-5-14)11(16)17/h2-3,6,9,14H,4-5H2,1H3,(H,13,15)(H,16,17)/b3-2+/t9-/m0/s1. The maximum absolute atomic E-state index is 11.4. The summed E-state index contributed by atoms with van der Waals surface area (Å²) in [6, 6.07) is -1.08. The van der Waals surface area contributed by atoms with E-state index in [2.05, 4.69) is 10.3 Å². The monoisotopic (exact) mass is 270 g/mol. The van der Waals surface area contributed by atoms with Crippen LogP contribution in [0.4, 0.5) is 0 Å². The largest absolute Gasteiger partial charge is 0.480 e. The fourth-order valence-corrected chi connectivity index (χ4v) is 1.80. The zero-order valence-corrected chi connectivity index (χ0v) is 10.6.